The monoisotopic (exact) mass is 287 g/mol. The van der Waals surface area contributed by atoms with Crippen molar-refractivity contribution in [3.63, 3.8) is 0 Å². The molecule has 1 saturated heterocycles. The van der Waals surface area contributed by atoms with Gasteiger partial charge in [0.15, 0.2) is 5.76 Å². The van der Waals surface area contributed by atoms with E-state index in [-0.39, 0.29) is 4.90 Å². The van der Waals surface area contributed by atoms with Gasteiger partial charge in [-0.15, -0.1) is 0 Å². The minimum absolute atomic E-state index is 0.233. The van der Waals surface area contributed by atoms with Gasteiger partial charge in [0.05, 0.1) is 0 Å². The lowest BCUT2D eigenvalue weighted by Crippen LogP contribution is -2.48. The Morgan fingerprint density at radius 1 is 1.21 bits per heavy atom. The summed E-state index contributed by atoms with van der Waals surface area (Å²) < 4.78 is 31.6. The standard InChI is InChI=1S/C12H21N3O3S/c1-4-5-14-6-8-15(9-7-14)19(16,17)12-10(2)13-18-11(12)3/h4-9H2,1-3H3. The summed E-state index contributed by atoms with van der Waals surface area (Å²) in [7, 11) is -3.47. The first-order chi connectivity index (χ1) is 8.96. The molecule has 1 aromatic rings. The van der Waals surface area contributed by atoms with Gasteiger partial charge in [-0.2, -0.15) is 4.31 Å². The molecule has 19 heavy (non-hydrogen) atoms. The predicted octanol–water partition coefficient (Wildman–Crippen LogP) is 1.01. The van der Waals surface area contributed by atoms with E-state index >= 15 is 0 Å². The molecule has 0 unspecified atom stereocenters. The quantitative estimate of drug-likeness (QED) is 0.827. The molecule has 0 atom stereocenters. The zero-order valence-electron chi connectivity index (χ0n) is 11.7. The fourth-order valence-electron chi connectivity index (χ4n) is 2.48. The molecule has 0 aliphatic carbocycles. The van der Waals surface area contributed by atoms with Crippen LogP contribution in [-0.4, -0.2) is 55.5 Å². The maximum Gasteiger partial charge on any atom is 0.248 e. The van der Waals surface area contributed by atoms with Crippen LogP contribution in [0.25, 0.3) is 0 Å². The molecule has 1 aliphatic heterocycles. The summed E-state index contributed by atoms with van der Waals surface area (Å²) in [6, 6.07) is 0. The molecule has 0 aromatic carbocycles. The number of nitrogens with zero attached hydrogens (tertiary/aromatic N) is 3. The van der Waals surface area contributed by atoms with Gasteiger partial charge in [-0.25, -0.2) is 8.42 Å². The van der Waals surface area contributed by atoms with Gasteiger partial charge in [-0.3, -0.25) is 0 Å². The van der Waals surface area contributed by atoms with Crippen LogP contribution < -0.4 is 0 Å². The molecule has 0 saturated carbocycles. The molecule has 6 nitrogen and oxygen atoms in total. The van der Waals surface area contributed by atoms with Gasteiger partial charge in [-0.05, 0) is 26.8 Å². The van der Waals surface area contributed by atoms with E-state index in [4.69, 9.17) is 4.52 Å². The first-order valence-electron chi connectivity index (χ1n) is 6.62. The highest BCUT2D eigenvalue weighted by molar-refractivity contribution is 7.89. The molecule has 2 heterocycles. The average Bonchev–Trinajstić information content (AvgIpc) is 2.70. The smallest absolute Gasteiger partial charge is 0.248 e. The van der Waals surface area contributed by atoms with E-state index in [0.717, 1.165) is 26.1 Å². The lowest BCUT2D eigenvalue weighted by atomic mass is 10.3. The lowest BCUT2D eigenvalue weighted by Gasteiger charge is -2.33. The first-order valence-corrected chi connectivity index (χ1v) is 8.06. The topological polar surface area (TPSA) is 66.7 Å². The van der Waals surface area contributed by atoms with Crippen LogP contribution in [0.5, 0.6) is 0 Å². The molecule has 1 aliphatic rings. The Labute approximate surface area is 114 Å². The van der Waals surface area contributed by atoms with Crippen LogP contribution in [0.3, 0.4) is 0 Å². The van der Waals surface area contributed by atoms with E-state index in [1.165, 1.54) is 4.31 Å². The van der Waals surface area contributed by atoms with Crippen LogP contribution in [0.2, 0.25) is 0 Å². The summed E-state index contributed by atoms with van der Waals surface area (Å²) in [5, 5.41) is 3.73. The Kier molecular flexibility index (Phi) is 4.27. The Morgan fingerprint density at radius 2 is 1.84 bits per heavy atom. The second-order valence-corrected chi connectivity index (χ2v) is 6.77. The maximum atomic E-state index is 12.6. The predicted molar refractivity (Wildman–Crippen MR) is 71.5 cm³/mol. The Hall–Kier alpha value is -0.920. The van der Waals surface area contributed by atoms with E-state index in [0.29, 0.717) is 24.5 Å². The Morgan fingerprint density at radius 3 is 2.32 bits per heavy atom. The molecular weight excluding hydrogens is 266 g/mol. The molecule has 0 bridgehead atoms. The molecule has 0 spiro atoms. The van der Waals surface area contributed by atoms with Crippen molar-refractivity contribution >= 4 is 10.0 Å². The first kappa shape index (κ1) is 14.5. The largest absolute Gasteiger partial charge is 0.360 e. The summed E-state index contributed by atoms with van der Waals surface area (Å²) >= 11 is 0. The third-order valence-electron chi connectivity index (χ3n) is 3.44. The Bertz CT molecular complexity index is 511. The van der Waals surface area contributed by atoms with Crippen molar-refractivity contribution in [2.75, 3.05) is 32.7 Å². The number of hydrogen-bond donors (Lipinski definition) is 0. The van der Waals surface area contributed by atoms with E-state index in [1.54, 1.807) is 13.8 Å². The molecule has 0 radical (unpaired) electrons. The van der Waals surface area contributed by atoms with Crippen molar-refractivity contribution in [3.8, 4) is 0 Å². The zero-order chi connectivity index (χ0) is 14.0. The average molecular weight is 287 g/mol. The Balaban J connectivity index is 2.15. The molecule has 1 aromatic heterocycles. The van der Waals surface area contributed by atoms with Crippen molar-refractivity contribution in [2.24, 2.45) is 0 Å². The number of aryl methyl sites for hydroxylation is 2. The fourth-order valence-corrected chi connectivity index (χ4v) is 4.20. The number of piperazine rings is 1. The lowest BCUT2D eigenvalue weighted by molar-refractivity contribution is 0.188. The summed E-state index contributed by atoms with van der Waals surface area (Å²) in [5.41, 5.74) is 0.438. The summed E-state index contributed by atoms with van der Waals surface area (Å²) in [4.78, 5) is 2.52. The van der Waals surface area contributed by atoms with Crippen LogP contribution in [0.15, 0.2) is 9.42 Å². The highest BCUT2D eigenvalue weighted by Gasteiger charge is 2.32. The molecule has 0 N–H and O–H groups in total. The zero-order valence-corrected chi connectivity index (χ0v) is 12.5. The van der Waals surface area contributed by atoms with Gasteiger partial charge in [-0.1, -0.05) is 12.1 Å². The third-order valence-corrected chi connectivity index (χ3v) is 5.58. The minimum atomic E-state index is -3.47. The van der Waals surface area contributed by atoms with Crippen molar-refractivity contribution < 1.29 is 12.9 Å². The van der Waals surface area contributed by atoms with Crippen molar-refractivity contribution in [1.29, 1.82) is 0 Å². The molecule has 2 rings (SSSR count). The SMILES string of the molecule is CCCN1CCN(S(=O)(=O)c2c(C)noc2C)CC1. The van der Waals surface area contributed by atoms with Crippen LogP contribution in [0, 0.1) is 13.8 Å². The van der Waals surface area contributed by atoms with Crippen molar-refractivity contribution in [2.45, 2.75) is 32.1 Å². The highest BCUT2D eigenvalue weighted by Crippen LogP contribution is 2.24. The van der Waals surface area contributed by atoms with Crippen molar-refractivity contribution in [1.82, 2.24) is 14.4 Å². The van der Waals surface area contributed by atoms with Gasteiger partial charge in [0.1, 0.15) is 10.6 Å². The maximum absolute atomic E-state index is 12.6. The van der Waals surface area contributed by atoms with E-state index in [1.807, 2.05) is 0 Å². The third kappa shape index (κ3) is 2.82. The molecular formula is C12H21N3O3S. The second kappa shape index (κ2) is 5.60. The van der Waals surface area contributed by atoms with Gasteiger partial charge >= 0.3 is 0 Å². The summed E-state index contributed by atoms with van der Waals surface area (Å²) in [6.45, 7) is 9.11. The summed E-state index contributed by atoms with van der Waals surface area (Å²) in [6.07, 6.45) is 1.09. The van der Waals surface area contributed by atoms with Crippen LogP contribution in [-0.2, 0) is 10.0 Å². The van der Waals surface area contributed by atoms with Gasteiger partial charge in [0.25, 0.3) is 0 Å². The van der Waals surface area contributed by atoms with E-state index < -0.39 is 10.0 Å². The number of hydrogen-bond acceptors (Lipinski definition) is 5. The molecule has 0 amide bonds. The van der Waals surface area contributed by atoms with E-state index in [9.17, 15) is 8.42 Å². The van der Waals surface area contributed by atoms with Gasteiger partial charge < -0.3 is 9.42 Å². The summed E-state index contributed by atoms with van der Waals surface area (Å²) in [5.74, 6) is 0.369. The number of aromatic nitrogens is 1. The van der Waals surface area contributed by atoms with Crippen LogP contribution in [0.4, 0.5) is 0 Å². The van der Waals surface area contributed by atoms with Crippen LogP contribution >= 0.6 is 0 Å². The second-order valence-electron chi connectivity index (χ2n) is 4.90. The molecule has 7 heteroatoms. The fraction of sp³-hybridized carbons (Fsp3) is 0.750. The minimum Gasteiger partial charge on any atom is -0.360 e. The number of sulfonamides is 1. The number of rotatable bonds is 4. The molecule has 1 fully saturated rings. The molecule has 108 valence electrons. The van der Waals surface area contributed by atoms with E-state index in [2.05, 4.69) is 17.0 Å². The van der Waals surface area contributed by atoms with Crippen LogP contribution in [0.1, 0.15) is 24.8 Å². The van der Waals surface area contributed by atoms with Gasteiger partial charge in [0.2, 0.25) is 10.0 Å². The highest BCUT2D eigenvalue weighted by atomic mass is 32.2. The van der Waals surface area contributed by atoms with Gasteiger partial charge in [0, 0.05) is 26.2 Å². The normalized spacial score (nSPS) is 18.9. The van der Waals surface area contributed by atoms with Crippen molar-refractivity contribution in [3.05, 3.63) is 11.5 Å².